The average Bonchev–Trinajstić information content (AvgIpc) is 3.42. The van der Waals surface area contributed by atoms with E-state index in [4.69, 9.17) is 14.2 Å². The highest BCUT2D eigenvalue weighted by atomic mass is 32.2. The fraction of sp³-hybridized carbons (Fsp3) is 0.556. The van der Waals surface area contributed by atoms with Gasteiger partial charge in [0.15, 0.2) is 27.9 Å². The third kappa shape index (κ3) is 4.52. The number of methoxy groups -OCH3 is 2. The molecule has 1 heterocycles. The summed E-state index contributed by atoms with van der Waals surface area (Å²) in [5.41, 5.74) is 0.238. The zero-order chi connectivity index (χ0) is 19.6. The molecule has 3 rings (SSSR count). The topological polar surface area (TPSA) is 99.2 Å². The number of hydrogen-bond donors (Lipinski definition) is 0. The van der Waals surface area contributed by atoms with Crippen molar-refractivity contribution in [2.45, 2.75) is 31.3 Å². The van der Waals surface area contributed by atoms with Gasteiger partial charge in [0, 0.05) is 12.1 Å². The van der Waals surface area contributed by atoms with Gasteiger partial charge >= 0.3 is 5.97 Å². The van der Waals surface area contributed by atoms with Crippen LogP contribution in [0.1, 0.15) is 29.6 Å². The second-order valence-corrected chi connectivity index (χ2v) is 8.96. The van der Waals surface area contributed by atoms with E-state index in [0.29, 0.717) is 17.9 Å². The quantitative estimate of drug-likeness (QED) is 0.634. The maximum absolute atomic E-state index is 12.6. The molecule has 0 aromatic heterocycles. The summed E-state index contributed by atoms with van der Waals surface area (Å²) >= 11 is 0. The standard InChI is InChI=1S/C18H23NO7S/c1-24-15-6-3-12(9-16(15)25-2)18(21)26-10-17(20)19(13-4-5-13)14-7-8-27(22,23)11-14/h3,6,9,13-14H,4-5,7-8,10-11H2,1-2H3/t14-/m1/s1. The van der Waals surface area contributed by atoms with Crippen molar-refractivity contribution in [2.24, 2.45) is 0 Å². The maximum Gasteiger partial charge on any atom is 0.338 e. The Morgan fingerprint density at radius 3 is 2.33 bits per heavy atom. The Morgan fingerprint density at radius 1 is 1.07 bits per heavy atom. The van der Waals surface area contributed by atoms with Gasteiger partial charge < -0.3 is 19.1 Å². The van der Waals surface area contributed by atoms with Gasteiger partial charge in [0.2, 0.25) is 0 Å². The fourth-order valence-corrected chi connectivity index (χ4v) is 5.01. The lowest BCUT2D eigenvalue weighted by Gasteiger charge is -2.28. The first kappa shape index (κ1) is 19.5. The van der Waals surface area contributed by atoms with Gasteiger partial charge in [0.05, 0.1) is 31.3 Å². The summed E-state index contributed by atoms with van der Waals surface area (Å²) < 4.78 is 38.9. The lowest BCUT2D eigenvalue weighted by molar-refractivity contribution is -0.137. The van der Waals surface area contributed by atoms with Crippen LogP contribution in [0.4, 0.5) is 0 Å². The van der Waals surface area contributed by atoms with E-state index in [9.17, 15) is 18.0 Å². The molecule has 1 atom stereocenters. The first-order valence-electron chi connectivity index (χ1n) is 8.75. The summed E-state index contributed by atoms with van der Waals surface area (Å²) in [4.78, 5) is 26.5. The van der Waals surface area contributed by atoms with Gasteiger partial charge in [-0.2, -0.15) is 0 Å². The van der Waals surface area contributed by atoms with E-state index < -0.39 is 22.4 Å². The van der Waals surface area contributed by atoms with Gasteiger partial charge in [-0.25, -0.2) is 13.2 Å². The number of amides is 1. The number of hydrogen-bond acceptors (Lipinski definition) is 7. The molecule has 148 valence electrons. The normalized spacial score (nSPS) is 20.7. The van der Waals surface area contributed by atoms with Crippen LogP contribution in [0.5, 0.6) is 11.5 Å². The van der Waals surface area contributed by atoms with Crippen molar-refractivity contribution in [2.75, 3.05) is 32.3 Å². The highest BCUT2D eigenvalue weighted by Gasteiger charge is 2.42. The van der Waals surface area contributed by atoms with Crippen molar-refractivity contribution < 1.29 is 32.2 Å². The van der Waals surface area contributed by atoms with E-state index in [2.05, 4.69) is 0 Å². The van der Waals surface area contributed by atoms with Crippen LogP contribution in [-0.2, 0) is 19.4 Å². The Kier molecular flexibility index (Phi) is 5.59. The average molecular weight is 397 g/mol. The molecule has 1 saturated heterocycles. The minimum absolute atomic E-state index is 0.0150. The molecular weight excluding hydrogens is 374 g/mol. The summed E-state index contributed by atoms with van der Waals surface area (Å²) in [6.07, 6.45) is 2.14. The minimum atomic E-state index is -3.10. The molecule has 1 saturated carbocycles. The van der Waals surface area contributed by atoms with Gasteiger partial charge in [-0.15, -0.1) is 0 Å². The molecule has 8 nitrogen and oxygen atoms in total. The van der Waals surface area contributed by atoms with Gasteiger partial charge in [0.1, 0.15) is 0 Å². The summed E-state index contributed by atoms with van der Waals surface area (Å²) in [7, 11) is -0.147. The van der Waals surface area contributed by atoms with Crippen molar-refractivity contribution >= 4 is 21.7 Å². The number of sulfone groups is 1. The molecular formula is C18H23NO7S. The molecule has 0 bridgehead atoms. The number of carbonyl (C=O) groups is 2. The second kappa shape index (κ2) is 7.75. The third-order valence-corrected chi connectivity index (χ3v) is 6.53. The number of benzene rings is 1. The SMILES string of the molecule is COc1ccc(C(=O)OCC(=O)N(C2CC2)[C@@H]2CCS(=O)(=O)C2)cc1OC. The van der Waals surface area contributed by atoms with Crippen molar-refractivity contribution in [1.82, 2.24) is 4.90 Å². The monoisotopic (exact) mass is 397 g/mol. The van der Waals surface area contributed by atoms with Crippen LogP contribution in [0.25, 0.3) is 0 Å². The largest absolute Gasteiger partial charge is 0.493 e. The predicted octanol–water partition coefficient (Wildman–Crippen LogP) is 1.04. The molecule has 0 spiro atoms. The minimum Gasteiger partial charge on any atom is -0.493 e. The Hall–Kier alpha value is -2.29. The van der Waals surface area contributed by atoms with Crippen molar-refractivity contribution in [3.8, 4) is 11.5 Å². The van der Waals surface area contributed by atoms with Gasteiger partial charge in [-0.1, -0.05) is 0 Å². The van der Waals surface area contributed by atoms with Crippen LogP contribution >= 0.6 is 0 Å². The van der Waals surface area contributed by atoms with Crippen molar-refractivity contribution in [1.29, 1.82) is 0 Å². The van der Waals surface area contributed by atoms with Crippen LogP contribution in [0.2, 0.25) is 0 Å². The highest BCUT2D eigenvalue weighted by Crippen LogP contribution is 2.32. The Bertz CT molecular complexity index is 832. The highest BCUT2D eigenvalue weighted by molar-refractivity contribution is 7.91. The van der Waals surface area contributed by atoms with Crippen molar-refractivity contribution in [3.63, 3.8) is 0 Å². The molecule has 1 aliphatic heterocycles. The first-order chi connectivity index (χ1) is 12.8. The van der Waals surface area contributed by atoms with E-state index in [0.717, 1.165) is 12.8 Å². The molecule has 2 aliphatic rings. The third-order valence-electron chi connectivity index (χ3n) is 4.78. The van der Waals surface area contributed by atoms with Gasteiger partial charge in [-0.3, -0.25) is 4.79 Å². The molecule has 27 heavy (non-hydrogen) atoms. The van der Waals surface area contributed by atoms with E-state index in [-0.39, 0.29) is 35.1 Å². The molecule has 1 aromatic carbocycles. The zero-order valence-corrected chi connectivity index (χ0v) is 16.2. The predicted molar refractivity (Wildman–Crippen MR) is 96.8 cm³/mol. The van der Waals surface area contributed by atoms with Gasteiger partial charge in [-0.05, 0) is 37.5 Å². The Balaban J connectivity index is 1.63. The number of nitrogens with zero attached hydrogens (tertiary/aromatic N) is 1. The maximum atomic E-state index is 12.6. The molecule has 1 aromatic rings. The summed E-state index contributed by atoms with van der Waals surface area (Å²) in [5, 5.41) is 0. The smallest absolute Gasteiger partial charge is 0.338 e. The van der Waals surface area contributed by atoms with Gasteiger partial charge in [0.25, 0.3) is 5.91 Å². The number of rotatable bonds is 7. The number of carbonyl (C=O) groups excluding carboxylic acids is 2. The lowest BCUT2D eigenvalue weighted by Crippen LogP contribution is -2.44. The van der Waals surface area contributed by atoms with Crippen LogP contribution in [0.15, 0.2) is 18.2 Å². The van der Waals surface area contributed by atoms with Crippen molar-refractivity contribution in [3.05, 3.63) is 23.8 Å². The van der Waals surface area contributed by atoms with Crippen LogP contribution in [-0.4, -0.2) is 69.6 Å². The van der Waals surface area contributed by atoms with E-state index in [1.807, 2.05) is 0 Å². The summed E-state index contributed by atoms with van der Waals surface area (Å²) in [5.74, 6) is -0.0626. The number of esters is 1. The summed E-state index contributed by atoms with van der Waals surface area (Å²) in [6.45, 7) is -0.416. The summed E-state index contributed by atoms with van der Waals surface area (Å²) in [6, 6.07) is 4.31. The van der Waals surface area contributed by atoms with E-state index in [1.54, 1.807) is 11.0 Å². The van der Waals surface area contributed by atoms with Crippen LogP contribution in [0.3, 0.4) is 0 Å². The number of ether oxygens (including phenoxy) is 3. The molecule has 0 N–H and O–H groups in total. The molecule has 9 heteroatoms. The Morgan fingerprint density at radius 2 is 1.78 bits per heavy atom. The molecule has 1 amide bonds. The molecule has 2 fully saturated rings. The first-order valence-corrected chi connectivity index (χ1v) is 10.6. The molecule has 1 aliphatic carbocycles. The van der Waals surface area contributed by atoms with Crippen LogP contribution < -0.4 is 9.47 Å². The molecule has 0 radical (unpaired) electrons. The molecule has 0 unspecified atom stereocenters. The van der Waals surface area contributed by atoms with Crippen LogP contribution in [0, 0.1) is 0 Å². The lowest BCUT2D eigenvalue weighted by atomic mass is 10.2. The Labute approximate surface area is 158 Å². The second-order valence-electron chi connectivity index (χ2n) is 6.73. The van der Waals surface area contributed by atoms with E-state index in [1.165, 1.54) is 26.4 Å². The van der Waals surface area contributed by atoms with E-state index >= 15 is 0 Å². The zero-order valence-electron chi connectivity index (χ0n) is 15.3. The fourth-order valence-electron chi connectivity index (χ4n) is 3.30.